The molecule has 5 N–H and O–H groups in total. The zero-order valence-electron chi connectivity index (χ0n) is 21.1. The number of carbonyl (C=O) groups excluding carboxylic acids is 2. The van der Waals surface area contributed by atoms with Crippen LogP contribution in [-0.2, 0) is 11.2 Å². The fraction of sp³-hybridized carbons (Fsp3) is 0.207. The van der Waals surface area contributed by atoms with Crippen LogP contribution in [0.15, 0.2) is 73.0 Å². The van der Waals surface area contributed by atoms with Crippen LogP contribution in [0.3, 0.4) is 0 Å². The van der Waals surface area contributed by atoms with Crippen molar-refractivity contribution in [2.75, 3.05) is 0 Å². The van der Waals surface area contributed by atoms with E-state index in [1.54, 1.807) is 24.4 Å². The average molecular weight is 536 g/mol. The third-order valence-electron chi connectivity index (χ3n) is 5.85. The van der Waals surface area contributed by atoms with Gasteiger partial charge in [-0.15, -0.1) is 0 Å². The van der Waals surface area contributed by atoms with Gasteiger partial charge in [0.2, 0.25) is 0 Å². The molecule has 3 rings (SSSR count). The van der Waals surface area contributed by atoms with Crippen molar-refractivity contribution in [3.05, 3.63) is 106 Å². The number of carboxylic acids is 1. The molecule has 0 aliphatic heterocycles. The number of aromatic amines is 1. The number of amides is 2. The van der Waals surface area contributed by atoms with E-state index in [9.17, 15) is 24.6 Å². The van der Waals surface area contributed by atoms with Crippen LogP contribution < -0.4 is 10.6 Å². The number of halogens is 1. The average Bonchev–Trinajstić information content (AvgIpc) is 3.33. The minimum atomic E-state index is -1.18. The van der Waals surface area contributed by atoms with Crippen molar-refractivity contribution in [3.63, 3.8) is 0 Å². The molecule has 1 aromatic heterocycles. The Balaban J connectivity index is 1.68. The molecule has 2 amide bonds. The Kier molecular flexibility index (Phi) is 9.90. The van der Waals surface area contributed by atoms with Crippen LogP contribution in [0.1, 0.15) is 63.8 Å². The summed E-state index contributed by atoms with van der Waals surface area (Å²) in [6, 6.07) is 11.1. The molecule has 2 atom stereocenters. The molecule has 0 spiro atoms. The normalized spacial score (nSPS) is 12.9. The SMILES string of the molecule is C/C=C\C=C/c1cc(C[C@H](NC(=O)c2ccc(C(=O)NC(CC)c3cccc(O)c3)cc2Cl)C(=O)O)c[nH]1. The highest BCUT2D eigenvalue weighted by molar-refractivity contribution is 6.34. The second-order valence-corrected chi connectivity index (χ2v) is 9.05. The molecule has 198 valence electrons. The highest BCUT2D eigenvalue weighted by atomic mass is 35.5. The standard InChI is InChI=1S/C29H30ClN3O5/c1-3-5-6-9-21-13-18(17-31-21)14-26(29(37)38)33-28(36)23-12-11-20(16-24(23)30)27(35)32-25(4-2)19-8-7-10-22(34)15-19/h3,5-13,15-17,25-26,31,34H,4,14H2,1-2H3,(H,32,35)(H,33,36)(H,37,38)/b5-3-,9-6-/t25?,26-/m0/s1. The minimum absolute atomic E-state index is 0.0164. The third kappa shape index (κ3) is 7.60. The highest BCUT2D eigenvalue weighted by Gasteiger charge is 2.24. The molecular weight excluding hydrogens is 506 g/mol. The fourth-order valence-corrected chi connectivity index (χ4v) is 4.13. The lowest BCUT2D eigenvalue weighted by atomic mass is 10.0. The lowest BCUT2D eigenvalue weighted by Crippen LogP contribution is -2.42. The van der Waals surface area contributed by atoms with Gasteiger partial charge in [0.15, 0.2) is 0 Å². The quantitative estimate of drug-likeness (QED) is 0.213. The first-order valence-corrected chi connectivity index (χ1v) is 12.5. The summed E-state index contributed by atoms with van der Waals surface area (Å²) in [5, 5.41) is 24.8. The number of allylic oxidation sites excluding steroid dienone is 3. The van der Waals surface area contributed by atoms with Crippen molar-refractivity contribution in [2.24, 2.45) is 0 Å². The van der Waals surface area contributed by atoms with Crippen molar-refractivity contribution < 1.29 is 24.6 Å². The van der Waals surface area contributed by atoms with Gasteiger partial charge in [-0.2, -0.15) is 0 Å². The molecule has 0 saturated carbocycles. The lowest BCUT2D eigenvalue weighted by Gasteiger charge is -2.18. The van der Waals surface area contributed by atoms with E-state index >= 15 is 0 Å². The molecule has 0 radical (unpaired) electrons. The van der Waals surface area contributed by atoms with Crippen molar-refractivity contribution in [3.8, 4) is 5.75 Å². The van der Waals surface area contributed by atoms with Crippen molar-refractivity contribution in [2.45, 2.75) is 38.8 Å². The van der Waals surface area contributed by atoms with Gasteiger partial charge in [-0.25, -0.2) is 4.79 Å². The van der Waals surface area contributed by atoms with Crippen molar-refractivity contribution >= 4 is 35.5 Å². The number of aromatic nitrogens is 1. The van der Waals surface area contributed by atoms with Gasteiger partial charge in [0.05, 0.1) is 16.6 Å². The second kappa shape index (κ2) is 13.3. The number of phenolic OH excluding ortho intramolecular Hbond substituents is 1. The first-order chi connectivity index (χ1) is 18.2. The van der Waals surface area contributed by atoms with Crippen LogP contribution in [0.2, 0.25) is 5.02 Å². The second-order valence-electron chi connectivity index (χ2n) is 8.64. The zero-order valence-corrected chi connectivity index (χ0v) is 21.8. The molecule has 0 saturated heterocycles. The minimum Gasteiger partial charge on any atom is -0.508 e. The van der Waals surface area contributed by atoms with Gasteiger partial charge in [-0.1, -0.05) is 48.9 Å². The van der Waals surface area contributed by atoms with E-state index in [0.29, 0.717) is 12.0 Å². The predicted molar refractivity (Wildman–Crippen MR) is 147 cm³/mol. The molecule has 38 heavy (non-hydrogen) atoms. The van der Waals surface area contributed by atoms with Crippen LogP contribution in [0.25, 0.3) is 6.08 Å². The van der Waals surface area contributed by atoms with Crippen LogP contribution in [0.4, 0.5) is 0 Å². The summed E-state index contributed by atoms with van der Waals surface area (Å²) in [5.74, 6) is -2.14. The molecule has 2 aromatic carbocycles. The highest BCUT2D eigenvalue weighted by Crippen LogP contribution is 2.23. The van der Waals surface area contributed by atoms with Crippen LogP contribution in [0.5, 0.6) is 5.75 Å². The number of benzene rings is 2. The van der Waals surface area contributed by atoms with E-state index in [1.807, 2.05) is 50.3 Å². The van der Waals surface area contributed by atoms with E-state index in [0.717, 1.165) is 11.3 Å². The largest absolute Gasteiger partial charge is 0.508 e. The molecule has 3 aromatic rings. The number of hydrogen-bond donors (Lipinski definition) is 5. The smallest absolute Gasteiger partial charge is 0.326 e. The maximum atomic E-state index is 12.9. The maximum Gasteiger partial charge on any atom is 0.326 e. The summed E-state index contributed by atoms with van der Waals surface area (Å²) in [6.07, 6.45) is 9.82. The number of aliphatic carboxylic acids is 1. The number of rotatable bonds is 11. The Labute approximate surface area is 226 Å². The molecular formula is C29H30ClN3O5. The monoisotopic (exact) mass is 535 g/mol. The Hall–Kier alpha value is -4.30. The zero-order chi connectivity index (χ0) is 27.7. The van der Waals surface area contributed by atoms with Gasteiger partial charge in [0.25, 0.3) is 11.8 Å². The van der Waals surface area contributed by atoms with E-state index in [4.69, 9.17) is 11.6 Å². The summed E-state index contributed by atoms with van der Waals surface area (Å²) in [6.45, 7) is 3.81. The number of H-pyrrole nitrogens is 1. The van der Waals surface area contributed by atoms with Crippen molar-refractivity contribution in [1.29, 1.82) is 0 Å². The van der Waals surface area contributed by atoms with Gasteiger partial charge in [0, 0.05) is 23.9 Å². The molecule has 0 bridgehead atoms. The van der Waals surface area contributed by atoms with E-state index in [1.165, 1.54) is 18.2 Å². The topological polar surface area (TPSA) is 132 Å². The summed E-state index contributed by atoms with van der Waals surface area (Å²) in [4.78, 5) is 40.6. The number of carboxylic acid groups (broad SMARTS) is 1. The van der Waals surface area contributed by atoms with Crippen LogP contribution in [0, 0.1) is 0 Å². The first kappa shape index (κ1) is 28.3. The summed E-state index contributed by atoms with van der Waals surface area (Å²) >= 11 is 6.32. The van der Waals surface area contributed by atoms with Crippen molar-refractivity contribution in [1.82, 2.24) is 15.6 Å². The number of aromatic hydroxyl groups is 1. The number of carbonyl (C=O) groups is 3. The first-order valence-electron chi connectivity index (χ1n) is 12.1. The number of phenols is 1. The molecule has 9 heteroatoms. The number of nitrogens with one attached hydrogen (secondary N) is 3. The van der Waals surface area contributed by atoms with Gasteiger partial charge >= 0.3 is 5.97 Å². The van der Waals surface area contributed by atoms with Crippen LogP contribution >= 0.6 is 11.6 Å². The molecule has 1 heterocycles. The Bertz CT molecular complexity index is 1360. The molecule has 1 unspecified atom stereocenters. The molecule has 8 nitrogen and oxygen atoms in total. The Morgan fingerprint density at radius 3 is 2.50 bits per heavy atom. The van der Waals surface area contributed by atoms with Crippen LogP contribution in [-0.4, -0.2) is 39.0 Å². The summed E-state index contributed by atoms with van der Waals surface area (Å²) in [7, 11) is 0. The summed E-state index contributed by atoms with van der Waals surface area (Å²) in [5.41, 5.74) is 2.57. The number of hydrogen-bond acceptors (Lipinski definition) is 4. The van der Waals surface area contributed by atoms with Gasteiger partial charge in [-0.05, 0) is 66.9 Å². The third-order valence-corrected chi connectivity index (χ3v) is 6.16. The Morgan fingerprint density at radius 2 is 1.84 bits per heavy atom. The molecule has 0 aliphatic carbocycles. The molecule has 0 fully saturated rings. The Morgan fingerprint density at radius 1 is 1.05 bits per heavy atom. The lowest BCUT2D eigenvalue weighted by molar-refractivity contribution is -0.139. The fourth-order valence-electron chi connectivity index (χ4n) is 3.86. The summed E-state index contributed by atoms with van der Waals surface area (Å²) < 4.78 is 0. The predicted octanol–water partition coefficient (Wildman–Crippen LogP) is 5.27. The molecule has 0 aliphatic rings. The van der Waals surface area contributed by atoms with Gasteiger partial charge in [-0.3, -0.25) is 9.59 Å². The maximum absolute atomic E-state index is 12.9. The van der Waals surface area contributed by atoms with E-state index in [2.05, 4.69) is 15.6 Å². The van der Waals surface area contributed by atoms with E-state index in [-0.39, 0.29) is 34.4 Å². The van der Waals surface area contributed by atoms with Gasteiger partial charge < -0.3 is 25.8 Å². The van der Waals surface area contributed by atoms with Gasteiger partial charge in [0.1, 0.15) is 11.8 Å². The van der Waals surface area contributed by atoms with E-state index < -0.39 is 23.8 Å².